The highest BCUT2D eigenvalue weighted by Gasteiger charge is 2.08. The van der Waals surface area contributed by atoms with E-state index in [1.54, 1.807) is 6.21 Å². The SMILES string of the molecule is NC(=S)NN=Cc1ccc(OCCCCN2CCOCC2)cc1. The molecule has 0 bridgehead atoms. The molecule has 1 fully saturated rings. The van der Waals surface area contributed by atoms with E-state index in [1.807, 2.05) is 24.3 Å². The first kappa shape index (κ1) is 17.7. The largest absolute Gasteiger partial charge is 0.494 e. The van der Waals surface area contributed by atoms with Gasteiger partial charge in [-0.15, -0.1) is 0 Å². The van der Waals surface area contributed by atoms with Gasteiger partial charge >= 0.3 is 0 Å². The van der Waals surface area contributed by atoms with Crippen LogP contribution in [0.2, 0.25) is 0 Å². The van der Waals surface area contributed by atoms with E-state index >= 15 is 0 Å². The van der Waals surface area contributed by atoms with Crippen LogP contribution < -0.4 is 15.9 Å². The van der Waals surface area contributed by atoms with E-state index in [9.17, 15) is 0 Å². The summed E-state index contributed by atoms with van der Waals surface area (Å²) in [7, 11) is 0. The van der Waals surface area contributed by atoms with Crippen molar-refractivity contribution in [2.75, 3.05) is 39.5 Å². The van der Waals surface area contributed by atoms with Gasteiger partial charge in [-0.2, -0.15) is 5.10 Å². The van der Waals surface area contributed by atoms with Gasteiger partial charge < -0.3 is 15.2 Å². The molecule has 1 aliphatic rings. The Balaban J connectivity index is 1.60. The molecule has 0 spiro atoms. The van der Waals surface area contributed by atoms with Gasteiger partial charge in [0, 0.05) is 13.1 Å². The summed E-state index contributed by atoms with van der Waals surface area (Å²) in [4.78, 5) is 2.44. The fraction of sp³-hybridized carbons (Fsp3) is 0.500. The Morgan fingerprint density at radius 2 is 2.04 bits per heavy atom. The number of nitrogens with two attached hydrogens (primary N) is 1. The van der Waals surface area contributed by atoms with Gasteiger partial charge in [0.2, 0.25) is 0 Å². The lowest BCUT2D eigenvalue weighted by Gasteiger charge is -2.26. The van der Waals surface area contributed by atoms with E-state index in [-0.39, 0.29) is 5.11 Å². The lowest BCUT2D eigenvalue weighted by atomic mass is 10.2. The number of nitrogens with zero attached hydrogens (tertiary/aromatic N) is 2. The van der Waals surface area contributed by atoms with Crippen LogP contribution in [0.15, 0.2) is 29.4 Å². The average Bonchev–Trinajstić information content (AvgIpc) is 2.56. The van der Waals surface area contributed by atoms with Gasteiger partial charge in [0.15, 0.2) is 5.11 Å². The summed E-state index contributed by atoms with van der Waals surface area (Å²) in [6, 6.07) is 7.75. The first-order valence-electron chi connectivity index (χ1n) is 7.85. The molecule has 23 heavy (non-hydrogen) atoms. The van der Waals surface area contributed by atoms with E-state index in [2.05, 4.69) is 27.6 Å². The molecule has 0 amide bonds. The first-order valence-corrected chi connectivity index (χ1v) is 8.26. The Kier molecular flexibility index (Phi) is 7.79. The molecule has 1 aromatic rings. The van der Waals surface area contributed by atoms with Crippen molar-refractivity contribution >= 4 is 23.5 Å². The molecule has 0 aromatic heterocycles. The lowest BCUT2D eigenvalue weighted by molar-refractivity contribution is 0.0368. The van der Waals surface area contributed by atoms with E-state index in [4.69, 9.17) is 15.2 Å². The van der Waals surface area contributed by atoms with Crippen molar-refractivity contribution in [3.63, 3.8) is 0 Å². The van der Waals surface area contributed by atoms with Crippen LogP contribution in [-0.2, 0) is 4.74 Å². The van der Waals surface area contributed by atoms with Gasteiger partial charge in [0.05, 0.1) is 26.0 Å². The highest BCUT2D eigenvalue weighted by atomic mass is 32.1. The van der Waals surface area contributed by atoms with Gasteiger partial charge in [-0.1, -0.05) is 0 Å². The number of nitrogens with one attached hydrogen (secondary N) is 1. The summed E-state index contributed by atoms with van der Waals surface area (Å²) in [6.07, 6.45) is 3.86. The molecular formula is C16H24N4O2S. The maximum Gasteiger partial charge on any atom is 0.184 e. The Hall–Kier alpha value is -1.70. The molecule has 0 radical (unpaired) electrons. The second-order valence-electron chi connectivity index (χ2n) is 5.31. The van der Waals surface area contributed by atoms with Crippen LogP contribution in [0.1, 0.15) is 18.4 Å². The Morgan fingerprint density at radius 1 is 1.30 bits per heavy atom. The van der Waals surface area contributed by atoms with Crippen LogP contribution in [0, 0.1) is 0 Å². The molecule has 126 valence electrons. The van der Waals surface area contributed by atoms with Crippen molar-refractivity contribution in [2.24, 2.45) is 10.8 Å². The molecule has 0 unspecified atom stereocenters. The van der Waals surface area contributed by atoms with E-state index in [0.29, 0.717) is 0 Å². The summed E-state index contributed by atoms with van der Waals surface area (Å²) in [5.41, 5.74) is 8.76. The van der Waals surface area contributed by atoms with Crippen LogP contribution >= 0.6 is 12.2 Å². The summed E-state index contributed by atoms with van der Waals surface area (Å²) in [5, 5.41) is 4.06. The van der Waals surface area contributed by atoms with E-state index in [0.717, 1.165) is 63.6 Å². The van der Waals surface area contributed by atoms with E-state index < -0.39 is 0 Å². The molecule has 1 aliphatic heterocycles. The van der Waals surface area contributed by atoms with Crippen LogP contribution in [-0.4, -0.2) is 55.7 Å². The molecule has 0 aliphatic carbocycles. The Bertz CT molecular complexity index is 501. The predicted octanol–water partition coefficient (Wildman–Crippen LogP) is 1.34. The normalized spacial score (nSPS) is 15.7. The average molecular weight is 336 g/mol. The monoisotopic (exact) mass is 336 g/mol. The van der Waals surface area contributed by atoms with Gasteiger partial charge in [-0.25, -0.2) is 0 Å². The summed E-state index contributed by atoms with van der Waals surface area (Å²) in [6.45, 7) is 5.68. The standard InChI is InChI=1S/C16H24N4O2S/c17-16(23)19-18-13-14-3-5-15(6-4-14)22-10-2-1-7-20-8-11-21-12-9-20/h3-6,13H,1-2,7-12H2,(H3,17,19,23). The number of hydrazone groups is 1. The minimum Gasteiger partial charge on any atom is -0.494 e. The number of hydrogen-bond donors (Lipinski definition) is 2. The zero-order valence-electron chi connectivity index (χ0n) is 13.2. The van der Waals surface area contributed by atoms with Crippen LogP contribution in [0.25, 0.3) is 0 Å². The number of thiocarbonyl (C=S) groups is 1. The third-order valence-electron chi connectivity index (χ3n) is 3.51. The van der Waals surface area contributed by atoms with Crippen molar-refractivity contribution in [3.8, 4) is 5.75 Å². The third kappa shape index (κ3) is 7.40. The number of benzene rings is 1. The molecule has 0 atom stereocenters. The van der Waals surface area contributed by atoms with Crippen molar-refractivity contribution in [1.82, 2.24) is 10.3 Å². The molecule has 1 aromatic carbocycles. The fourth-order valence-electron chi connectivity index (χ4n) is 2.27. The smallest absolute Gasteiger partial charge is 0.184 e. The lowest BCUT2D eigenvalue weighted by Crippen LogP contribution is -2.36. The minimum absolute atomic E-state index is 0.151. The minimum atomic E-state index is 0.151. The molecule has 2 rings (SSSR count). The van der Waals surface area contributed by atoms with Gasteiger partial charge in [-0.3, -0.25) is 10.3 Å². The zero-order valence-corrected chi connectivity index (χ0v) is 14.1. The molecule has 0 saturated carbocycles. The molecule has 1 heterocycles. The second kappa shape index (κ2) is 10.1. The van der Waals surface area contributed by atoms with Gasteiger partial charge in [0.1, 0.15) is 5.75 Å². The summed E-state index contributed by atoms with van der Waals surface area (Å²) >= 11 is 4.67. The number of morpholine rings is 1. The maximum absolute atomic E-state index is 5.75. The second-order valence-corrected chi connectivity index (χ2v) is 5.75. The van der Waals surface area contributed by atoms with Crippen molar-refractivity contribution in [1.29, 1.82) is 0 Å². The first-order chi connectivity index (χ1) is 11.2. The van der Waals surface area contributed by atoms with Crippen LogP contribution in [0.4, 0.5) is 0 Å². The molecule has 6 nitrogen and oxygen atoms in total. The highest BCUT2D eigenvalue weighted by molar-refractivity contribution is 7.80. The quantitative estimate of drug-likeness (QED) is 0.323. The molecule has 1 saturated heterocycles. The number of unbranched alkanes of at least 4 members (excludes halogenated alkanes) is 1. The topological polar surface area (TPSA) is 72.1 Å². The fourth-order valence-corrected chi connectivity index (χ4v) is 2.33. The highest BCUT2D eigenvalue weighted by Crippen LogP contribution is 2.12. The third-order valence-corrected chi connectivity index (χ3v) is 3.60. The van der Waals surface area contributed by atoms with Gasteiger partial charge in [-0.05, 0) is 61.4 Å². The molecular weight excluding hydrogens is 312 g/mol. The van der Waals surface area contributed by atoms with Crippen molar-refractivity contribution in [3.05, 3.63) is 29.8 Å². The zero-order chi connectivity index (χ0) is 16.3. The van der Waals surface area contributed by atoms with Crippen LogP contribution in [0.5, 0.6) is 5.75 Å². The Morgan fingerprint density at radius 3 is 2.74 bits per heavy atom. The van der Waals surface area contributed by atoms with E-state index in [1.165, 1.54) is 0 Å². The molecule has 7 heteroatoms. The number of hydrogen-bond acceptors (Lipinski definition) is 5. The number of ether oxygens (including phenoxy) is 2. The van der Waals surface area contributed by atoms with Crippen molar-refractivity contribution < 1.29 is 9.47 Å². The maximum atomic E-state index is 5.75. The predicted molar refractivity (Wildman–Crippen MR) is 95.9 cm³/mol. The van der Waals surface area contributed by atoms with Crippen molar-refractivity contribution in [2.45, 2.75) is 12.8 Å². The number of rotatable bonds is 8. The molecule has 3 N–H and O–H groups in total. The van der Waals surface area contributed by atoms with Crippen LogP contribution in [0.3, 0.4) is 0 Å². The summed E-state index contributed by atoms with van der Waals surface area (Å²) in [5.74, 6) is 0.871. The Labute approximate surface area is 142 Å². The van der Waals surface area contributed by atoms with Gasteiger partial charge in [0.25, 0.3) is 0 Å². The summed E-state index contributed by atoms with van der Waals surface area (Å²) < 4.78 is 11.1.